The van der Waals surface area contributed by atoms with Crippen molar-refractivity contribution < 1.29 is 0 Å². The van der Waals surface area contributed by atoms with Crippen LogP contribution in [0.5, 0.6) is 0 Å². The lowest BCUT2D eigenvalue weighted by molar-refractivity contribution is 0.0569. The van der Waals surface area contributed by atoms with Gasteiger partial charge in [0.2, 0.25) is 0 Å². The molecular formula is C25H26ClN7S. The van der Waals surface area contributed by atoms with Crippen LogP contribution in [0.25, 0.3) is 0 Å². The maximum Gasteiger partial charge on any atom is 0.178 e. The zero-order valence-corrected chi connectivity index (χ0v) is 20.3. The molecule has 34 heavy (non-hydrogen) atoms. The summed E-state index contributed by atoms with van der Waals surface area (Å²) >= 11 is 8.17. The number of pyridine rings is 2. The van der Waals surface area contributed by atoms with E-state index in [-0.39, 0.29) is 12.3 Å². The molecule has 0 radical (unpaired) electrons. The highest BCUT2D eigenvalue weighted by molar-refractivity contribution is 7.98. The Hall–Kier alpha value is -2.67. The number of piperazine rings is 1. The highest BCUT2D eigenvalue weighted by Gasteiger charge is 2.33. The highest BCUT2D eigenvalue weighted by atomic mass is 35.5. The Labute approximate surface area is 209 Å². The molecule has 3 aromatic rings. The molecule has 2 unspecified atom stereocenters. The van der Waals surface area contributed by atoms with E-state index in [9.17, 15) is 5.26 Å². The molecule has 1 saturated heterocycles. The van der Waals surface area contributed by atoms with E-state index in [2.05, 4.69) is 49.8 Å². The molecule has 2 aliphatic rings. The van der Waals surface area contributed by atoms with E-state index >= 15 is 0 Å². The molecular weight excluding hydrogens is 466 g/mol. The van der Waals surface area contributed by atoms with Gasteiger partial charge < -0.3 is 0 Å². The van der Waals surface area contributed by atoms with Crippen LogP contribution in [-0.4, -0.2) is 52.2 Å². The van der Waals surface area contributed by atoms with E-state index < -0.39 is 0 Å². The number of nitrogens with zero attached hydrogens (tertiary/aromatic N) is 5. The first kappa shape index (κ1) is 23.1. The monoisotopic (exact) mass is 491 g/mol. The highest BCUT2D eigenvalue weighted by Crippen LogP contribution is 2.42. The van der Waals surface area contributed by atoms with Gasteiger partial charge >= 0.3 is 0 Å². The molecule has 0 saturated carbocycles. The summed E-state index contributed by atoms with van der Waals surface area (Å²) in [6, 6.07) is 14.5. The molecule has 2 N–H and O–H groups in total. The lowest BCUT2D eigenvalue weighted by atomic mass is 9.97. The third kappa shape index (κ3) is 5.04. The summed E-state index contributed by atoms with van der Waals surface area (Å²) in [7, 11) is 0. The fraction of sp³-hybridized carbons (Fsp3) is 0.320. The van der Waals surface area contributed by atoms with Crippen molar-refractivity contribution in [2.45, 2.75) is 29.5 Å². The van der Waals surface area contributed by atoms with Gasteiger partial charge in [-0.1, -0.05) is 23.7 Å². The Morgan fingerprint density at radius 2 is 1.94 bits per heavy atom. The molecule has 0 spiro atoms. The smallest absolute Gasteiger partial charge is 0.178 e. The van der Waals surface area contributed by atoms with E-state index in [4.69, 9.17) is 16.6 Å². The van der Waals surface area contributed by atoms with Gasteiger partial charge in [-0.2, -0.15) is 5.26 Å². The number of hydrogen-bond donors (Lipinski definition) is 2. The first-order chi connectivity index (χ1) is 16.7. The van der Waals surface area contributed by atoms with Crippen molar-refractivity contribution in [3.05, 3.63) is 88.5 Å². The first-order valence-corrected chi connectivity index (χ1v) is 12.7. The molecule has 2 aromatic heterocycles. The Morgan fingerprint density at radius 3 is 2.74 bits per heavy atom. The van der Waals surface area contributed by atoms with Gasteiger partial charge in [-0.3, -0.25) is 30.4 Å². The first-order valence-electron chi connectivity index (χ1n) is 11.3. The maximum atomic E-state index is 9.32. The van der Waals surface area contributed by atoms with Crippen LogP contribution in [0.3, 0.4) is 0 Å². The average molecular weight is 492 g/mol. The second kappa shape index (κ2) is 10.7. The number of aromatic nitrogens is 2. The summed E-state index contributed by atoms with van der Waals surface area (Å²) < 4.78 is 0. The van der Waals surface area contributed by atoms with Gasteiger partial charge in [0.1, 0.15) is 6.29 Å². The van der Waals surface area contributed by atoms with Crippen LogP contribution in [0.2, 0.25) is 5.02 Å². The molecule has 7 nitrogen and oxygen atoms in total. The summed E-state index contributed by atoms with van der Waals surface area (Å²) in [6.07, 6.45) is 7.35. The van der Waals surface area contributed by atoms with Gasteiger partial charge in [0.25, 0.3) is 0 Å². The van der Waals surface area contributed by atoms with Crippen molar-refractivity contribution in [2.75, 3.05) is 26.2 Å². The predicted octanol–water partition coefficient (Wildman–Crippen LogP) is 3.59. The lowest BCUT2D eigenvalue weighted by Gasteiger charge is -2.42. The van der Waals surface area contributed by atoms with Gasteiger partial charge in [0.15, 0.2) is 6.19 Å². The van der Waals surface area contributed by atoms with Crippen LogP contribution in [0, 0.1) is 11.5 Å². The second-order valence-corrected chi connectivity index (χ2v) is 9.84. The summed E-state index contributed by atoms with van der Waals surface area (Å²) in [5.41, 5.74) is 4.80. The lowest BCUT2D eigenvalue weighted by Crippen LogP contribution is -2.59. The van der Waals surface area contributed by atoms with Crippen molar-refractivity contribution in [1.29, 1.82) is 5.26 Å². The second-order valence-electron chi connectivity index (χ2n) is 8.39. The van der Waals surface area contributed by atoms with Gasteiger partial charge in [-0.15, -0.1) is 11.8 Å². The number of rotatable bonds is 6. The number of thioether (sulfide) groups is 1. The number of nitrogens with one attached hydrogen (secondary N) is 2. The van der Waals surface area contributed by atoms with E-state index in [1.165, 1.54) is 16.0 Å². The third-order valence-corrected chi connectivity index (χ3v) is 7.72. The number of hydrogen-bond acceptors (Lipinski definition) is 8. The predicted molar refractivity (Wildman–Crippen MR) is 134 cm³/mol. The Morgan fingerprint density at radius 1 is 1.12 bits per heavy atom. The van der Waals surface area contributed by atoms with Crippen LogP contribution in [0.15, 0.2) is 66.0 Å². The minimum Gasteiger partial charge on any atom is -0.294 e. The van der Waals surface area contributed by atoms with Gasteiger partial charge in [-0.05, 0) is 47.0 Å². The zero-order valence-electron chi connectivity index (χ0n) is 18.7. The van der Waals surface area contributed by atoms with Crippen LogP contribution in [0.1, 0.15) is 28.4 Å². The molecule has 2 aliphatic heterocycles. The van der Waals surface area contributed by atoms with Crippen molar-refractivity contribution in [3.8, 4) is 6.19 Å². The number of halogens is 1. The molecule has 1 aromatic carbocycles. The quantitative estimate of drug-likeness (QED) is 0.307. The minimum absolute atomic E-state index is 0.0905. The molecule has 0 amide bonds. The SMILES string of the molecule is N#CNC(NCc1ccncc1)N1CCN(C2c3ccc(Cl)cc3SCc3cccnc32)CC1. The van der Waals surface area contributed by atoms with Gasteiger partial charge in [0.05, 0.1) is 11.7 Å². The Kier molecular flexibility index (Phi) is 7.28. The van der Waals surface area contributed by atoms with Crippen LogP contribution >= 0.6 is 23.4 Å². The van der Waals surface area contributed by atoms with Crippen LogP contribution in [0.4, 0.5) is 0 Å². The van der Waals surface area contributed by atoms with Crippen molar-refractivity contribution >= 4 is 23.4 Å². The number of fused-ring (bicyclic) bond motifs is 2. The van der Waals surface area contributed by atoms with Crippen LogP contribution in [-0.2, 0) is 12.3 Å². The Balaban J connectivity index is 1.33. The summed E-state index contributed by atoms with van der Waals surface area (Å²) in [4.78, 5) is 14.9. The molecule has 9 heteroatoms. The molecule has 2 atom stereocenters. The fourth-order valence-electron chi connectivity index (χ4n) is 4.65. The summed E-state index contributed by atoms with van der Waals surface area (Å²) in [6.45, 7) is 4.06. The Bertz CT molecular complexity index is 1160. The molecule has 0 aliphatic carbocycles. The van der Waals surface area contributed by atoms with E-state index in [1.807, 2.05) is 42.2 Å². The standard InChI is InChI=1S/C25H26ClN7S/c26-20-3-4-21-22(14-20)34-16-19-2-1-7-29-23(19)24(21)32-10-12-33(13-11-32)25(31-17-27)30-15-18-5-8-28-9-6-18/h1-9,14,24-25,30-31H,10-13,15-16H2. The van der Waals surface area contributed by atoms with Crippen LogP contribution < -0.4 is 10.6 Å². The molecule has 0 bridgehead atoms. The molecule has 1 fully saturated rings. The van der Waals surface area contributed by atoms with Crippen molar-refractivity contribution in [2.24, 2.45) is 0 Å². The van der Waals surface area contributed by atoms with Crippen molar-refractivity contribution in [1.82, 2.24) is 30.4 Å². The van der Waals surface area contributed by atoms with E-state index in [0.717, 1.165) is 48.2 Å². The topological polar surface area (TPSA) is 80.1 Å². The van der Waals surface area contributed by atoms with Gasteiger partial charge in [-0.25, -0.2) is 0 Å². The fourth-order valence-corrected chi connectivity index (χ4v) is 6.00. The third-order valence-electron chi connectivity index (χ3n) is 6.37. The average Bonchev–Trinajstić information content (AvgIpc) is 3.04. The van der Waals surface area contributed by atoms with Crippen molar-refractivity contribution in [3.63, 3.8) is 0 Å². The summed E-state index contributed by atoms with van der Waals surface area (Å²) in [5, 5.41) is 16.5. The van der Waals surface area contributed by atoms with Gasteiger partial charge in [0, 0.05) is 67.0 Å². The molecule has 5 rings (SSSR count). The maximum absolute atomic E-state index is 9.32. The van der Waals surface area contributed by atoms with E-state index in [0.29, 0.717) is 6.54 Å². The molecule has 174 valence electrons. The zero-order chi connectivity index (χ0) is 23.3. The summed E-state index contributed by atoms with van der Waals surface area (Å²) in [5.74, 6) is 0.889. The normalized spacial score (nSPS) is 19.4. The molecule has 4 heterocycles. The van der Waals surface area contributed by atoms with E-state index in [1.54, 1.807) is 12.4 Å². The number of nitriles is 1. The minimum atomic E-state index is -0.221. The number of benzene rings is 1. The largest absolute Gasteiger partial charge is 0.294 e.